The molecule has 0 fully saturated rings. The fourth-order valence-electron chi connectivity index (χ4n) is 1.98. The Morgan fingerprint density at radius 1 is 1.14 bits per heavy atom. The SMILES string of the molecule is C=C(CNC(C)(C)C)COc1ccc(Cl)c2ccccc12. The van der Waals surface area contributed by atoms with Gasteiger partial charge in [0.05, 0.1) is 0 Å². The molecule has 0 spiro atoms. The Morgan fingerprint density at radius 3 is 2.48 bits per heavy atom. The number of hydrogen-bond donors (Lipinski definition) is 1. The van der Waals surface area contributed by atoms with Gasteiger partial charge in [0, 0.05) is 27.9 Å². The average Bonchev–Trinajstić information content (AvgIpc) is 2.44. The monoisotopic (exact) mass is 303 g/mol. The first kappa shape index (κ1) is 15.9. The van der Waals surface area contributed by atoms with Crippen molar-refractivity contribution in [3.05, 3.63) is 53.6 Å². The minimum Gasteiger partial charge on any atom is -0.489 e. The highest BCUT2D eigenvalue weighted by Gasteiger charge is 2.10. The molecule has 2 aromatic rings. The number of rotatable bonds is 5. The second kappa shape index (κ2) is 6.50. The summed E-state index contributed by atoms with van der Waals surface area (Å²) in [5.74, 6) is 0.840. The zero-order valence-corrected chi connectivity index (χ0v) is 13.6. The standard InChI is InChI=1S/C18H22ClNO/c1-13(11-20-18(2,3)4)12-21-17-10-9-16(19)14-7-5-6-8-15(14)17/h5-10,20H,1,11-12H2,2-4H3. The van der Waals surface area contributed by atoms with Gasteiger partial charge in [-0.15, -0.1) is 0 Å². The molecule has 2 rings (SSSR count). The third-order valence-corrected chi connectivity index (χ3v) is 3.46. The first-order valence-corrected chi connectivity index (χ1v) is 7.46. The van der Waals surface area contributed by atoms with Gasteiger partial charge in [-0.05, 0) is 38.5 Å². The van der Waals surface area contributed by atoms with Crippen molar-refractivity contribution >= 4 is 22.4 Å². The van der Waals surface area contributed by atoms with Crippen molar-refractivity contribution in [2.75, 3.05) is 13.2 Å². The van der Waals surface area contributed by atoms with E-state index >= 15 is 0 Å². The topological polar surface area (TPSA) is 21.3 Å². The van der Waals surface area contributed by atoms with Gasteiger partial charge in [-0.3, -0.25) is 0 Å². The van der Waals surface area contributed by atoms with Crippen molar-refractivity contribution < 1.29 is 4.74 Å². The fraction of sp³-hybridized carbons (Fsp3) is 0.333. The first-order chi connectivity index (χ1) is 9.87. The Kier molecular flexibility index (Phi) is 4.92. The molecule has 0 aliphatic heterocycles. The van der Waals surface area contributed by atoms with E-state index in [4.69, 9.17) is 16.3 Å². The lowest BCUT2D eigenvalue weighted by Crippen LogP contribution is -2.37. The van der Waals surface area contributed by atoms with Crippen LogP contribution in [0.15, 0.2) is 48.6 Å². The molecule has 0 bridgehead atoms. The molecule has 3 heteroatoms. The van der Waals surface area contributed by atoms with Crippen molar-refractivity contribution in [1.29, 1.82) is 0 Å². The van der Waals surface area contributed by atoms with E-state index in [2.05, 4.69) is 32.7 Å². The van der Waals surface area contributed by atoms with Crippen LogP contribution >= 0.6 is 11.6 Å². The Morgan fingerprint density at radius 2 is 1.81 bits per heavy atom. The highest BCUT2D eigenvalue weighted by molar-refractivity contribution is 6.35. The van der Waals surface area contributed by atoms with E-state index in [1.54, 1.807) is 0 Å². The first-order valence-electron chi connectivity index (χ1n) is 7.08. The molecule has 0 saturated heterocycles. The summed E-state index contributed by atoms with van der Waals surface area (Å²) in [5, 5.41) is 6.18. The zero-order valence-electron chi connectivity index (χ0n) is 12.9. The number of nitrogens with one attached hydrogen (secondary N) is 1. The van der Waals surface area contributed by atoms with Gasteiger partial charge in [-0.1, -0.05) is 42.4 Å². The van der Waals surface area contributed by atoms with Crippen LogP contribution in [0.5, 0.6) is 5.75 Å². The van der Waals surface area contributed by atoms with Crippen molar-refractivity contribution in [2.24, 2.45) is 0 Å². The van der Waals surface area contributed by atoms with Crippen molar-refractivity contribution in [3.63, 3.8) is 0 Å². The van der Waals surface area contributed by atoms with E-state index in [9.17, 15) is 0 Å². The normalized spacial score (nSPS) is 11.6. The van der Waals surface area contributed by atoms with Gasteiger partial charge in [0.1, 0.15) is 12.4 Å². The summed E-state index contributed by atoms with van der Waals surface area (Å²) in [7, 11) is 0. The lowest BCUT2D eigenvalue weighted by atomic mass is 10.1. The van der Waals surface area contributed by atoms with Gasteiger partial charge in [-0.2, -0.15) is 0 Å². The van der Waals surface area contributed by atoms with E-state index in [0.29, 0.717) is 6.61 Å². The highest BCUT2D eigenvalue weighted by Crippen LogP contribution is 2.31. The fourth-order valence-corrected chi connectivity index (χ4v) is 2.21. The summed E-state index contributed by atoms with van der Waals surface area (Å²) >= 11 is 6.21. The second-order valence-corrected chi connectivity index (χ2v) is 6.64. The third kappa shape index (κ3) is 4.48. The number of benzene rings is 2. The molecule has 0 saturated carbocycles. The summed E-state index contributed by atoms with van der Waals surface area (Å²) in [6.07, 6.45) is 0. The van der Waals surface area contributed by atoms with Gasteiger partial charge in [0.15, 0.2) is 0 Å². The molecule has 0 radical (unpaired) electrons. The van der Waals surface area contributed by atoms with Gasteiger partial charge < -0.3 is 10.1 Å². The Bertz CT molecular complexity index is 643. The molecule has 0 unspecified atom stereocenters. The Labute approximate surface area is 131 Å². The number of fused-ring (bicyclic) bond motifs is 1. The van der Waals surface area contributed by atoms with Crippen LogP contribution in [0.2, 0.25) is 5.02 Å². The molecule has 2 nitrogen and oxygen atoms in total. The third-order valence-electron chi connectivity index (χ3n) is 3.13. The molecule has 0 aliphatic rings. The predicted octanol–water partition coefficient (Wildman–Crippen LogP) is 4.82. The lowest BCUT2D eigenvalue weighted by Gasteiger charge is -2.21. The van der Waals surface area contributed by atoms with Gasteiger partial charge in [0.2, 0.25) is 0 Å². The van der Waals surface area contributed by atoms with Crippen LogP contribution in [0.25, 0.3) is 10.8 Å². The second-order valence-electron chi connectivity index (χ2n) is 6.23. The van der Waals surface area contributed by atoms with Crippen LogP contribution in [0.4, 0.5) is 0 Å². The van der Waals surface area contributed by atoms with Crippen LogP contribution in [-0.4, -0.2) is 18.7 Å². The molecule has 0 amide bonds. The Balaban J connectivity index is 2.04. The molecule has 1 N–H and O–H groups in total. The summed E-state index contributed by atoms with van der Waals surface area (Å²) < 4.78 is 5.90. The summed E-state index contributed by atoms with van der Waals surface area (Å²) in [5.41, 5.74) is 1.10. The summed E-state index contributed by atoms with van der Waals surface area (Å²) in [6, 6.07) is 11.8. The van der Waals surface area contributed by atoms with Gasteiger partial charge >= 0.3 is 0 Å². The Hall–Kier alpha value is -1.51. The van der Waals surface area contributed by atoms with E-state index in [1.807, 2.05) is 36.4 Å². The maximum absolute atomic E-state index is 6.21. The smallest absolute Gasteiger partial charge is 0.127 e. The molecule has 0 aliphatic carbocycles. The minimum atomic E-state index is 0.0793. The van der Waals surface area contributed by atoms with E-state index < -0.39 is 0 Å². The predicted molar refractivity (Wildman–Crippen MR) is 91.3 cm³/mol. The highest BCUT2D eigenvalue weighted by atomic mass is 35.5. The molecule has 0 heterocycles. The van der Waals surface area contributed by atoms with Crippen LogP contribution in [0, 0.1) is 0 Å². The largest absolute Gasteiger partial charge is 0.489 e. The molecule has 112 valence electrons. The average molecular weight is 304 g/mol. The quantitative estimate of drug-likeness (QED) is 0.800. The summed E-state index contributed by atoms with van der Waals surface area (Å²) in [4.78, 5) is 0. The number of ether oxygens (including phenoxy) is 1. The number of halogens is 1. The van der Waals surface area contributed by atoms with E-state index in [0.717, 1.165) is 33.7 Å². The molecular weight excluding hydrogens is 282 g/mol. The van der Waals surface area contributed by atoms with Crippen molar-refractivity contribution in [3.8, 4) is 5.75 Å². The van der Waals surface area contributed by atoms with Crippen LogP contribution in [-0.2, 0) is 0 Å². The molecule has 0 atom stereocenters. The van der Waals surface area contributed by atoms with Crippen LogP contribution < -0.4 is 10.1 Å². The summed E-state index contributed by atoms with van der Waals surface area (Å²) in [6.45, 7) is 11.7. The maximum Gasteiger partial charge on any atom is 0.127 e. The van der Waals surface area contributed by atoms with Gasteiger partial charge in [-0.25, -0.2) is 0 Å². The minimum absolute atomic E-state index is 0.0793. The number of hydrogen-bond acceptors (Lipinski definition) is 2. The van der Waals surface area contributed by atoms with Crippen LogP contribution in [0.3, 0.4) is 0 Å². The molecular formula is C18H22ClNO. The lowest BCUT2D eigenvalue weighted by molar-refractivity contribution is 0.345. The van der Waals surface area contributed by atoms with Crippen LogP contribution in [0.1, 0.15) is 20.8 Å². The van der Waals surface area contributed by atoms with Crippen molar-refractivity contribution in [1.82, 2.24) is 5.32 Å². The van der Waals surface area contributed by atoms with Gasteiger partial charge in [0.25, 0.3) is 0 Å². The molecule has 21 heavy (non-hydrogen) atoms. The molecule has 2 aromatic carbocycles. The van der Waals surface area contributed by atoms with E-state index in [1.165, 1.54) is 0 Å². The van der Waals surface area contributed by atoms with E-state index in [-0.39, 0.29) is 5.54 Å². The molecule has 0 aromatic heterocycles. The maximum atomic E-state index is 6.21. The van der Waals surface area contributed by atoms with Crippen molar-refractivity contribution in [2.45, 2.75) is 26.3 Å². The zero-order chi connectivity index (χ0) is 15.5.